The number of hydrogen-bond acceptors (Lipinski definition) is 2. The Balaban J connectivity index is 2.91. The van der Waals surface area contributed by atoms with Gasteiger partial charge in [0.2, 0.25) is 5.91 Å². The number of aliphatic carboxylic acids is 1. The molecule has 1 aromatic rings. The van der Waals surface area contributed by atoms with Gasteiger partial charge in [0, 0.05) is 12.0 Å². The minimum atomic E-state index is -1.34. The summed E-state index contributed by atoms with van der Waals surface area (Å²) in [5.41, 5.74) is -0.0375. The molecule has 0 bridgehead atoms. The molecule has 0 aliphatic heterocycles. The quantitative estimate of drug-likeness (QED) is 0.824. The Kier molecular flexibility index (Phi) is 4.63. The number of rotatable bonds is 5. The van der Waals surface area contributed by atoms with Gasteiger partial charge in [0.1, 0.15) is 5.82 Å². The Bertz CT molecular complexity index is 420. The molecular weight excluding hydrogens is 225 g/mol. The summed E-state index contributed by atoms with van der Waals surface area (Å²) in [7, 11) is 0. The van der Waals surface area contributed by atoms with Crippen molar-refractivity contribution in [2.75, 3.05) is 0 Å². The molecule has 0 fully saturated rings. The fourth-order valence-corrected chi connectivity index (χ4v) is 1.44. The lowest BCUT2D eigenvalue weighted by Crippen LogP contribution is -2.34. The third kappa shape index (κ3) is 3.55. The van der Waals surface area contributed by atoms with Crippen molar-refractivity contribution in [3.63, 3.8) is 0 Å². The summed E-state index contributed by atoms with van der Waals surface area (Å²) >= 11 is 0. The van der Waals surface area contributed by atoms with Crippen LogP contribution in [0.15, 0.2) is 24.3 Å². The van der Waals surface area contributed by atoms with Crippen LogP contribution in [0.25, 0.3) is 0 Å². The largest absolute Gasteiger partial charge is 0.479 e. The Labute approximate surface area is 98.5 Å². The minimum Gasteiger partial charge on any atom is -0.479 e. The molecule has 0 heterocycles. The third-order valence-corrected chi connectivity index (χ3v) is 2.25. The molecule has 4 nitrogen and oxygen atoms in total. The van der Waals surface area contributed by atoms with Crippen molar-refractivity contribution in [1.29, 1.82) is 0 Å². The second-order valence-electron chi connectivity index (χ2n) is 3.61. The number of carboxylic acids is 1. The van der Waals surface area contributed by atoms with Gasteiger partial charge in [-0.2, -0.15) is 0 Å². The zero-order chi connectivity index (χ0) is 12.8. The molecule has 5 heteroatoms. The lowest BCUT2D eigenvalue weighted by molar-refractivity contribution is -0.142. The van der Waals surface area contributed by atoms with E-state index in [1.54, 1.807) is 6.92 Å². The van der Waals surface area contributed by atoms with Crippen LogP contribution >= 0.6 is 0 Å². The highest BCUT2D eigenvalue weighted by atomic mass is 19.1. The fourth-order valence-electron chi connectivity index (χ4n) is 1.44. The van der Waals surface area contributed by atoms with Gasteiger partial charge in [-0.1, -0.05) is 25.1 Å². The Hall–Kier alpha value is -1.91. The van der Waals surface area contributed by atoms with Crippen molar-refractivity contribution in [3.05, 3.63) is 35.6 Å². The Morgan fingerprint density at radius 1 is 1.41 bits per heavy atom. The SMILES string of the molecule is CCCC(=O)NC(C(=O)O)c1ccccc1F. The second kappa shape index (κ2) is 5.98. The molecule has 1 unspecified atom stereocenters. The Morgan fingerprint density at radius 2 is 2.06 bits per heavy atom. The summed E-state index contributed by atoms with van der Waals surface area (Å²) < 4.78 is 13.4. The van der Waals surface area contributed by atoms with E-state index in [0.29, 0.717) is 6.42 Å². The number of nitrogens with one attached hydrogen (secondary N) is 1. The van der Waals surface area contributed by atoms with Crippen LogP contribution in [-0.4, -0.2) is 17.0 Å². The van der Waals surface area contributed by atoms with Crippen molar-refractivity contribution in [2.45, 2.75) is 25.8 Å². The Morgan fingerprint density at radius 3 is 2.59 bits per heavy atom. The van der Waals surface area contributed by atoms with Crippen molar-refractivity contribution >= 4 is 11.9 Å². The van der Waals surface area contributed by atoms with E-state index >= 15 is 0 Å². The molecule has 0 aliphatic carbocycles. The first-order chi connectivity index (χ1) is 8.06. The molecule has 2 N–H and O–H groups in total. The number of carbonyl (C=O) groups is 2. The zero-order valence-electron chi connectivity index (χ0n) is 9.44. The number of halogens is 1. The predicted octanol–water partition coefficient (Wildman–Crippen LogP) is 1.87. The number of benzene rings is 1. The van der Waals surface area contributed by atoms with Gasteiger partial charge in [0.05, 0.1) is 0 Å². The van der Waals surface area contributed by atoms with E-state index in [2.05, 4.69) is 5.32 Å². The first-order valence-electron chi connectivity index (χ1n) is 5.32. The average Bonchev–Trinajstić information content (AvgIpc) is 2.27. The molecular formula is C12H14FNO3. The highest BCUT2D eigenvalue weighted by Gasteiger charge is 2.24. The molecule has 92 valence electrons. The lowest BCUT2D eigenvalue weighted by Gasteiger charge is -2.15. The molecule has 1 atom stereocenters. The fraction of sp³-hybridized carbons (Fsp3) is 0.333. The molecule has 1 aromatic carbocycles. The molecule has 1 amide bonds. The van der Waals surface area contributed by atoms with Crippen LogP contribution in [0.3, 0.4) is 0 Å². The van der Waals surface area contributed by atoms with Crippen LogP contribution in [0.1, 0.15) is 31.4 Å². The van der Waals surface area contributed by atoms with Crippen LogP contribution in [0, 0.1) is 5.82 Å². The van der Waals surface area contributed by atoms with Gasteiger partial charge in [-0.3, -0.25) is 4.79 Å². The van der Waals surface area contributed by atoms with E-state index < -0.39 is 23.7 Å². The number of hydrogen-bond donors (Lipinski definition) is 2. The van der Waals surface area contributed by atoms with E-state index in [4.69, 9.17) is 5.11 Å². The molecule has 0 saturated carbocycles. The summed E-state index contributed by atoms with van der Waals surface area (Å²) in [6.07, 6.45) is 0.827. The van der Waals surface area contributed by atoms with Crippen LogP contribution < -0.4 is 5.32 Å². The normalized spacial score (nSPS) is 11.9. The van der Waals surface area contributed by atoms with E-state index in [1.165, 1.54) is 18.2 Å². The summed E-state index contributed by atoms with van der Waals surface area (Å²) in [6.45, 7) is 1.80. The van der Waals surface area contributed by atoms with Gasteiger partial charge in [-0.25, -0.2) is 9.18 Å². The summed E-state index contributed by atoms with van der Waals surface area (Å²) in [5, 5.41) is 11.3. The maximum Gasteiger partial charge on any atom is 0.331 e. The van der Waals surface area contributed by atoms with Gasteiger partial charge in [-0.05, 0) is 12.5 Å². The number of carboxylic acid groups (broad SMARTS) is 1. The van der Waals surface area contributed by atoms with Crippen LogP contribution in [-0.2, 0) is 9.59 Å². The van der Waals surface area contributed by atoms with Gasteiger partial charge in [0.15, 0.2) is 6.04 Å². The topological polar surface area (TPSA) is 66.4 Å². The molecule has 0 aliphatic rings. The number of carbonyl (C=O) groups excluding carboxylic acids is 1. The molecule has 0 aromatic heterocycles. The molecule has 0 spiro atoms. The molecule has 1 rings (SSSR count). The summed E-state index contributed by atoms with van der Waals surface area (Å²) in [6, 6.07) is 4.17. The predicted molar refractivity (Wildman–Crippen MR) is 59.8 cm³/mol. The lowest BCUT2D eigenvalue weighted by atomic mass is 10.1. The minimum absolute atomic E-state index is 0.0375. The van der Waals surface area contributed by atoms with Crippen LogP contribution in [0.5, 0.6) is 0 Å². The van der Waals surface area contributed by atoms with Crippen molar-refractivity contribution in [2.24, 2.45) is 0 Å². The van der Waals surface area contributed by atoms with E-state index in [0.717, 1.165) is 6.07 Å². The van der Waals surface area contributed by atoms with Crippen molar-refractivity contribution < 1.29 is 19.1 Å². The van der Waals surface area contributed by atoms with E-state index in [-0.39, 0.29) is 12.0 Å². The van der Waals surface area contributed by atoms with E-state index in [1.807, 2.05) is 0 Å². The van der Waals surface area contributed by atoms with Crippen LogP contribution in [0.2, 0.25) is 0 Å². The maximum absolute atomic E-state index is 13.4. The highest BCUT2D eigenvalue weighted by Crippen LogP contribution is 2.17. The zero-order valence-corrected chi connectivity index (χ0v) is 9.44. The molecule has 0 saturated heterocycles. The summed E-state index contributed by atoms with van der Waals surface area (Å²) in [4.78, 5) is 22.4. The monoisotopic (exact) mass is 239 g/mol. The van der Waals surface area contributed by atoms with Gasteiger partial charge >= 0.3 is 5.97 Å². The van der Waals surface area contributed by atoms with Gasteiger partial charge in [0.25, 0.3) is 0 Å². The molecule has 0 radical (unpaired) electrons. The second-order valence-corrected chi connectivity index (χ2v) is 3.61. The summed E-state index contributed by atoms with van der Waals surface area (Å²) in [5.74, 6) is -2.32. The van der Waals surface area contributed by atoms with Gasteiger partial charge in [-0.15, -0.1) is 0 Å². The van der Waals surface area contributed by atoms with Crippen LogP contribution in [0.4, 0.5) is 4.39 Å². The smallest absolute Gasteiger partial charge is 0.331 e. The third-order valence-electron chi connectivity index (χ3n) is 2.25. The van der Waals surface area contributed by atoms with Crippen molar-refractivity contribution in [1.82, 2.24) is 5.32 Å². The van der Waals surface area contributed by atoms with Crippen molar-refractivity contribution in [3.8, 4) is 0 Å². The van der Waals surface area contributed by atoms with E-state index in [9.17, 15) is 14.0 Å². The maximum atomic E-state index is 13.4. The first kappa shape index (κ1) is 13.2. The average molecular weight is 239 g/mol. The molecule has 17 heavy (non-hydrogen) atoms. The first-order valence-corrected chi connectivity index (χ1v) is 5.32. The highest BCUT2D eigenvalue weighted by molar-refractivity contribution is 5.84. The standard InChI is InChI=1S/C12H14FNO3/c1-2-5-10(15)14-11(12(16)17)8-6-3-4-7-9(8)13/h3-4,6-7,11H,2,5H2,1H3,(H,14,15)(H,16,17). The number of amides is 1. The van der Waals surface area contributed by atoms with Gasteiger partial charge < -0.3 is 10.4 Å².